The molecule has 2 rings (SSSR count). The van der Waals surface area contributed by atoms with Crippen LogP contribution in [0.15, 0.2) is 10.6 Å². The first-order chi connectivity index (χ1) is 6.25. The molecule has 1 aliphatic rings. The molecule has 0 aromatic carbocycles. The molecule has 0 aliphatic carbocycles. The summed E-state index contributed by atoms with van der Waals surface area (Å²) in [6, 6.07) is 1.77. The van der Waals surface area contributed by atoms with Crippen molar-refractivity contribution < 1.29 is 4.52 Å². The molecule has 72 valence electrons. The highest BCUT2D eigenvalue weighted by molar-refractivity contribution is 5.44. The summed E-state index contributed by atoms with van der Waals surface area (Å²) in [7, 11) is 2.12. The first-order valence-corrected chi connectivity index (χ1v) is 4.41. The van der Waals surface area contributed by atoms with Gasteiger partial charge in [-0.25, -0.2) is 0 Å². The molecule has 0 radical (unpaired) electrons. The van der Waals surface area contributed by atoms with Crippen molar-refractivity contribution in [3.05, 3.63) is 6.07 Å². The summed E-state index contributed by atoms with van der Waals surface area (Å²) in [6.07, 6.45) is 0. The van der Waals surface area contributed by atoms with Crippen LogP contribution >= 0.6 is 0 Å². The van der Waals surface area contributed by atoms with Crippen LogP contribution in [-0.4, -0.2) is 43.3 Å². The van der Waals surface area contributed by atoms with Crippen LogP contribution in [0.2, 0.25) is 0 Å². The van der Waals surface area contributed by atoms with Gasteiger partial charge in [0.05, 0.1) is 0 Å². The van der Waals surface area contributed by atoms with Gasteiger partial charge >= 0.3 is 0 Å². The molecule has 1 fully saturated rings. The van der Waals surface area contributed by atoms with Crippen molar-refractivity contribution >= 4 is 11.7 Å². The van der Waals surface area contributed by atoms with Crippen LogP contribution in [0.1, 0.15) is 0 Å². The van der Waals surface area contributed by atoms with Gasteiger partial charge in [0.15, 0.2) is 5.82 Å². The summed E-state index contributed by atoms with van der Waals surface area (Å²) in [5.41, 5.74) is 5.45. The molecule has 0 bridgehead atoms. The second kappa shape index (κ2) is 3.26. The Balaban J connectivity index is 2.02. The molecular formula is C8H14N4O. The summed E-state index contributed by atoms with van der Waals surface area (Å²) in [6.45, 7) is 4.10. The fraction of sp³-hybridized carbons (Fsp3) is 0.625. The van der Waals surface area contributed by atoms with E-state index in [1.807, 2.05) is 0 Å². The third-order valence-corrected chi connectivity index (χ3v) is 2.34. The number of hydrogen-bond acceptors (Lipinski definition) is 5. The lowest BCUT2D eigenvalue weighted by Crippen LogP contribution is -2.44. The number of nitrogens with two attached hydrogens (primary N) is 1. The molecule has 0 unspecified atom stereocenters. The minimum Gasteiger partial charge on any atom is -0.368 e. The number of anilines is 2. The van der Waals surface area contributed by atoms with Crippen molar-refractivity contribution in [2.45, 2.75) is 0 Å². The lowest BCUT2D eigenvalue weighted by molar-refractivity contribution is 0.310. The predicted octanol–water partition coefficient (Wildman–Crippen LogP) is 0.00860. The van der Waals surface area contributed by atoms with Crippen molar-refractivity contribution in [2.24, 2.45) is 0 Å². The Kier molecular flexibility index (Phi) is 2.10. The summed E-state index contributed by atoms with van der Waals surface area (Å²) in [5, 5.41) is 3.87. The molecular weight excluding hydrogens is 168 g/mol. The summed E-state index contributed by atoms with van der Waals surface area (Å²) >= 11 is 0. The average molecular weight is 182 g/mol. The molecule has 0 spiro atoms. The largest absolute Gasteiger partial charge is 0.368 e. The number of hydrogen-bond donors (Lipinski definition) is 1. The van der Waals surface area contributed by atoms with Gasteiger partial charge in [-0.3, -0.25) is 0 Å². The SMILES string of the molecule is CN1CCN(c2cc(N)on2)CC1. The minimum absolute atomic E-state index is 0.383. The van der Waals surface area contributed by atoms with E-state index in [0.29, 0.717) is 5.88 Å². The third kappa shape index (κ3) is 1.75. The predicted molar refractivity (Wildman–Crippen MR) is 50.6 cm³/mol. The highest BCUT2D eigenvalue weighted by Gasteiger charge is 2.16. The topological polar surface area (TPSA) is 58.5 Å². The van der Waals surface area contributed by atoms with E-state index in [9.17, 15) is 0 Å². The van der Waals surface area contributed by atoms with Crippen LogP contribution in [-0.2, 0) is 0 Å². The second-order valence-electron chi connectivity index (χ2n) is 3.38. The van der Waals surface area contributed by atoms with E-state index >= 15 is 0 Å². The zero-order valence-corrected chi connectivity index (χ0v) is 7.73. The van der Waals surface area contributed by atoms with Gasteiger partial charge < -0.3 is 20.1 Å². The lowest BCUT2D eigenvalue weighted by Gasteiger charge is -2.31. The quantitative estimate of drug-likeness (QED) is 0.663. The maximum atomic E-state index is 5.45. The van der Waals surface area contributed by atoms with E-state index in [-0.39, 0.29) is 0 Å². The maximum Gasteiger partial charge on any atom is 0.224 e. The van der Waals surface area contributed by atoms with E-state index in [1.165, 1.54) is 0 Å². The van der Waals surface area contributed by atoms with Crippen molar-refractivity contribution in [3.8, 4) is 0 Å². The summed E-state index contributed by atoms with van der Waals surface area (Å²) in [4.78, 5) is 4.47. The summed E-state index contributed by atoms with van der Waals surface area (Å²) < 4.78 is 4.82. The van der Waals surface area contributed by atoms with Gasteiger partial charge in [-0.05, 0) is 7.05 Å². The second-order valence-corrected chi connectivity index (χ2v) is 3.38. The standard InChI is InChI=1S/C8H14N4O/c1-11-2-4-12(5-3-11)8-6-7(9)13-10-8/h6H,2-5,9H2,1H3. The van der Waals surface area contributed by atoms with E-state index in [2.05, 4.69) is 22.0 Å². The molecule has 13 heavy (non-hydrogen) atoms. The number of likely N-dealkylation sites (N-methyl/N-ethyl adjacent to an activating group) is 1. The van der Waals surface area contributed by atoms with E-state index in [4.69, 9.17) is 10.3 Å². The molecule has 1 aromatic heterocycles. The van der Waals surface area contributed by atoms with Gasteiger partial charge in [0.1, 0.15) is 0 Å². The maximum absolute atomic E-state index is 5.45. The molecule has 2 N–H and O–H groups in total. The first-order valence-electron chi connectivity index (χ1n) is 4.41. The van der Waals surface area contributed by atoms with Crippen LogP contribution in [0.25, 0.3) is 0 Å². The monoisotopic (exact) mass is 182 g/mol. The Labute approximate surface area is 77.1 Å². The minimum atomic E-state index is 0.383. The molecule has 1 saturated heterocycles. The number of nitrogens with zero attached hydrogens (tertiary/aromatic N) is 3. The van der Waals surface area contributed by atoms with Gasteiger partial charge in [0.25, 0.3) is 0 Å². The Morgan fingerprint density at radius 3 is 2.62 bits per heavy atom. The van der Waals surface area contributed by atoms with E-state index < -0.39 is 0 Å². The molecule has 1 aromatic rings. The zero-order chi connectivity index (χ0) is 9.26. The molecule has 5 heteroatoms. The molecule has 0 amide bonds. The van der Waals surface area contributed by atoms with Gasteiger partial charge in [-0.2, -0.15) is 0 Å². The number of nitrogen functional groups attached to an aromatic ring is 1. The molecule has 0 atom stereocenters. The molecule has 5 nitrogen and oxygen atoms in total. The Morgan fingerprint density at radius 1 is 1.38 bits per heavy atom. The van der Waals surface area contributed by atoms with Crippen molar-refractivity contribution in [2.75, 3.05) is 43.9 Å². The fourth-order valence-corrected chi connectivity index (χ4v) is 1.46. The normalized spacial score (nSPS) is 19.3. The van der Waals surface area contributed by atoms with E-state index in [0.717, 1.165) is 32.0 Å². The van der Waals surface area contributed by atoms with Crippen LogP contribution in [0.4, 0.5) is 11.7 Å². The van der Waals surface area contributed by atoms with Gasteiger partial charge in [-0.15, -0.1) is 0 Å². The number of aromatic nitrogens is 1. The Bertz CT molecular complexity index is 277. The molecule has 1 aliphatic heterocycles. The fourth-order valence-electron chi connectivity index (χ4n) is 1.46. The average Bonchev–Trinajstić information content (AvgIpc) is 2.53. The Hall–Kier alpha value is -1.23. The first kappa shape index (κ1) is 8.37. The number of piperazine rings is 1. The highest BCUT2D eigenvalue weighted by atomic mass is 16.5. The lowest BCUT2D eigenvalue weighted by atomic mass is 10.3. The van der Waals surface area contributed by atoms with Crippen molar-refractivity contribution in [3.63, 3.8) is 0 Å². The van der Waals surface area contributed by atoms with Crippen molar-refractivity contribution in [1.29, 1.82) is 0 Å². The third-order valence-electron chi connectivity index (χ3n) is 2.34. The van der Waals surface area contributed by atoms with Gasteiger partial charge in [0.2, 0.25) is 5.88 Å². The van der Waals surface area contributed by atoms with Crippen LogP contribution in [0.5, 0.6) is 0 Å². The zero-order valence-electron chi connectivity index (χ0n) is 7.73. The molecule has 0 saturated carbocycles. The Morgan fingerprint density at radius 2 is 2.08 bits per heavy atom. The van der Waals surface area contributed by atoms with Gasteiger partial charge in [0, 0.05) is 32.2 Å². The highest BCUT2D eigenvalue weighted by Crippen LogP contribution is 2.16. The van der Waals surface area contributed by atoms with Crippen LogP contribution < -0.4 is 10.6 Å². The smallest absolute Gasteiger partial charge is 0.224 e. The number of rotatable bonds is 1. The summed E-state index contributed by atoms with van der Waals surface area (Å²) in [5.74, 6) is 1.24. The van der Waals surface area contributed by atoms with Gasteiger partial charge in [-0.1, -0.05) is 5.16 Å². The molecule has 2 heterocycles. The van der Waals surface area contributed by atoms with Crippen LogP contribution in [0, 0.1) is 0 Å². The van der Waals surface area contributed by atoms with Crippen molar-refractivity contribution in [1.82, 2.24) is 10.1 Å². The van der Waals surface area contributed by atoms with Crippen LogP contribution in [0.3, 0.4) is 0 Å². The van der Waals surface area contributed by atoms with E-state index in [1.54, 1.807) is 6.07 Å².